The Morgan fingerprint density at radius 1 is 1.30 bits per heavy atom. The lowest BCUT2D eigenvalue weighted by atomic mass is 10.2. The van der Waals surface area contributed by atoms with Crippen molar-refractivity contribution in [2.75, 3.05) is 0 Å². The molecule has 3 aromatic rings. The predicted molar refractivity (Wildman–Crippen MR) is 81.1 cm³/mol. The lowest BCUT2D eigenvalue weighted by Gasteiger charge is -2.05. The van der Waals surface area contributed by atoms with Gasteiger partial charge in [-0.25, -0.2) is 4.98 Å². The van der Waals surface area contributed by atoms with Gasteiger partial charge in [0.15, 0.2) is 0 Å². The first kappa shape index (κ1) is 12.8. The van der Waals surface area contributed by atoms with Crippen LogP contribution in [0.15, 0.2) is 41.1 Å². The molecular formula is C15H11BrN4. The summed E-state index contributed by atoms with van der Waals surface area (Å²) in [7, 11) is 0. The minimum atomic E-state index is 0.622. The van der Waals surface area contributed by atoms with Crippen LogP contribution >= 0.6 is 15.9 Å². The Labute approximate surface area is 124 Å². The molecule has 0 radical (unpaired) electrons. The Morgan fingerprint density at radius 2 is 2.15 bits per heavy atom. The number of fused-ring (bicyclic) bond motifs is 1. The molecule has 0 aliphatic carbocycles. The van der Waals surface area contributed by atoms with Crippen molar-refractivity contribution in [2.45, 2.75) is 13.5 Å². The summed E-state index contributed by atoms with van der Waals surface area (Å²) in [5.74, 6) is 0.867. The van der Waals surface area contributed by atoms with Crippen molar-refractivity contribution < 1.29 is 0 Å². The minimum absolute atomic E-state index is 0.622. The van der Waals surface area contributed by atoms with E-state index in [9.17, 15) is 0 Å². The Bertz CT molecular complexity index is 829. The van der Waals surface area contributed by atoms with Crippen molar-refractivity contribution in [1.82, 2.24) is 14.5 Å². The standard InChI is InChI=1S/C15H11BrN4/c1-2-20-14-4-3-10(7-17)5-13(14)19-15(20)11-6-12(16)9-18-8-11/h3-6,8-9H,2H2,1H3. The van der Waals surface area contributed by atoms with Gasteiger partial charge in [0.2, 0.25) is 0 Å². The van der Waals surface area contributed by atoms with E-state index < -0.39 is 0 Å². The van der Waals surface area contributed by atoms with Crippen LogP contribution in [0.5, 0.6) is 0 Å². The lowest BCUT2D eigenvalue weighted by Crippen LogP contribution is -1.97. The summed E-state index contributed by atoms with van der Waals surface area (Å²) in [5.41, 5.74) is 3.44. The van der Waals surface area contributed by atoms with Crippen LogP contribution in [0.1, 0.15) is 12.5 Å². The second-order valence-corrected chi connectivity index (χ2v) is 5.30. The van der Waals surface area contributed by atoms with E-state index in [0.29, 0.717) is 5.56 Å². The summed E-state index contributed by atoms with van der Waals surface area (Å²) in [6.07, 6.45) is 3.54. The molecular weight excluding hydrogens is 316 g/mol. The minimum Gasteiger partial charge on any atom is -0.324 e. The van der Waals surface area contributed by atoms with Crippen LogP contribution in [-0.4, -0.2) is 14.5 Å². The van der Waals surface area contributed by atoms with E-state index in [1.165, 1.54) is 0 Å². The highest BCUT2D eigenvalue weighted by Crippen LogP contribution is 2.26. The van der Waals surface area contributed by atoms with E-state index in [0.717, 1.165) is 33.4 Å². The smallest absolute Gasteiger partial charge is 0.142 e. The van der Waals surface area contributed by atoms with Gasteiger partial charge in [-0.3, -0.25) is 4.98 Å². The number of aryl methyl sites for hydroxylation is 1. The fraction of sp³-hybridized carbons (Fsp3) is 0.133. The van der Waals surface area contributed by atoms with E-state index in [2.05, 4.69) is 43.5 Å². The normalized spacial score (nSPS) is 10.7. The van der Waals surface area contributed by atoms with Gasteiger partial charge in [0, 0.05) is 29.0 Å². The number of nitriles is 1. The van der Waals surface area contributed by atoms with Crippen LogP contribution in [0.25, 0.3) is 22.4 Å². The maximum Gasteiger partial charge on any atom is 0.142 e. The Balaban J connectivity index is 2.28. The molecule has 1 aromatic carbocycles. The Morgan fingerprint density at radius 3 is 2.85 bits per heavy atom. The molecule has 0 aliphatic heterocycles. The van der Waals surface area contributed by atoms with Crippen molar-refractivity contribution in [2.24, 2.45) is 0 Å². The summed E-state index contributed by atoms with van der Waals surface area (Å²) in [6, 6.07) is 9.72. The molecule has 2 heterocycles. The first-order chi connectivity index (χ1) is 9.72. The molecule has 98 valence electrons. The topological polar surface area (TPSA) is 54.5 Å². The van der Waals surface area contributed by atoms with Gasteiger partial charge in [0.05, 0.1) is 22.7 Å². The summed E-state index contributed by atoms with van der Waals surface area (Å²) < 4.78 is 3.04. The number of imidazole rings is 1. The maximum atomic E-state index is 8.98. The summed E-state index contributed by atoms with van der Waals surface area (Å²) in [4.78, 5) is 8.84. The van der Waals surface area contributed by atoms with E-state index in [4.69, 9.17) is 5.26 Å². The molecule has 3 rings (SSSR count). The van der Waals surface area contributed by atoms with Gasteiger partial charge in [-0.15, -0.1) is 0 Å². The second-order valence-electron chi connectivity index (χ2n) is 4.39. The number of nitrogens with zero attached hydrogens (tertiary/aromatic N) is 4. The van der Waals surface area contributed by atoms with Gasteiger partial charge in [-0.2, -0.15) is 5.26 Å². The zero-order valence-electron chi connectivity index (χ0n) is 10.8. The molecule has 0 saturated heterocycles. The third kappa shape index (κ3) is 2.08. The third-order valence-corrected chi connectivity index (χ3v) is 3.59. The average Bonchev–Trinajstić information content (AvgIpc) is 2.84. The van der Waals surface area contributed by atoms with Crippen molar-refractivity contribution >= 4 is 27.0 Å². The Hall–Kier alpha value is -2.19. The molecule has 0 saturated carbocycles. The van der Waals surface area contributed by atoms with Crippen LogP contribution in [0, 0.1) is 11.3 Å². The van der Waals surface area contributed by atoms with E-state index >= 15 is 0 Å². The van der Waals surface area contributed by atoms with Crippen LogP contribution in [-0.2, 0) is 6.54 Å². The third-order valence-electron chi connectivity index (χ3n) is 3.16. The van der Waals surface area contributed by atoms with Gasteiger partial charge in [0.1, 0.15) is 5.82 Å². The molecule has 4 nitrogen and oxygen atoms in total. The lowest BCUT2D eigenvalue weighted by molar-refractivity contribution is 0.796. The number of halogens is 1. The van der Waals surface area contributed by atoms with Gasteiger partial charge in [0.25, 0.3) is 0 Å². The van der Waals surface area contributed by atoms with Gasteiger partial charge in [-0.1, -0.05) is 0 Å². The fourth-order valence-electron chi connectivity index (χ4n) is 2.27. The number of hydrogen-bond acceptors (Lipinski definition) is 3. The molecule has 0 atom stereocenters. The fourth-order valence-corrected chi connectivity index (χ4v) is 2.64. The summed E-state index contributed by atoms with van der Waals surface area (Å²) in [6.45, 7) is 2.89. The maximum absolute atomic E-state index is 8.98. The highest BCUT2D eigenvalue weighted by Gasteiger charge is 2.12. The number of benzene rings is 1. The van der Waals surface area contributed by atoms with E-state index in [-0.39, 0.29) is 0 Å². The van der Waals surface area contributed by atoms with Crippen molar-refractivity contribution in [3.63, 3.8) is 0 Å². The second kappa shape index (κ2) is 5.06. The monoisotopic (exact) mass is 326 g/mol. The number of pyridine rings is 1. The first-order valence-electron chi connectivity index (χ1n) is 6.24. The quantitative estimate of drug-likeness (QED) is 0.720. The van der Waals surface area contributed by atoms with Gasteiger partial charge >= 0.3 is 0 Å². The molecule has 0 amide bonds. The number of aromatic nitrogens is 3. The SMILES string of the molecule is CCn1c(-c2cncc(Br)c2)nc2cc(C#N)ccc21. The number of rotatable bonds is 2. The predicted octanol–water partition coefficient (Wildman–Crippen LogP) is 3.75. The molecule has 5 heteroatoms. The Kier molecular flexibility index (Phi) is 3.25. The molecule has 0 spiro atoms. The van der Waals surface area contributed by atoms with Crippen LogP contribution in [0.2, 0.25) is 0 Å². The zero-order valence-corrected chi connectivity index (χ0v) is 12.4. The van der Waals surface area contributed by atoms with Crippen molar-refractivity contribution in [1.29, 1.82) is 5.26 Å². The molecule has 0 fully saturated rings. The zero-order chi connectivity index (χ0) is 14.1. The van der Waals surface area contributed by atoms with Crippen molar-refractivity contribution in [3.8, 4) is 17.5 Å². The summed E-state index contributed by atoms with van der Waals surface area (Å²) >= 11 is 3.43. The van der Waals surface area contributed by atoms with Gasteiger partial charge in [-0.05, 0) is 47.1 Å². The van der Waals surface area contributed by atoms with Gasteiger partial charge < -0.3 is 4.57 Å². The molecule has 0 aliphatic rings. The first-order valence-corrected chi connectivity index (χ1v) is 7.03. The summed E-state index contributed by atoms with van der Waals surface area (Å²) in [5, 5.41) is 8.98. The molecule has 2 aromatic heterocycles. The van der Waals surface area contributed by atoms with Crippen LogP contribution < -0.4 is 0 Å². The molecule has 0 unspecified atom stereocenters. The van der Waals surface area contributed by atoms with Crippen LogP contribution in [0.3, 0.4) is 0 Å². The van der Waals surface area contributed by atoms with Crippen LogP contribution in [0.4, 0.5) is 0 Å². The highest BCUT2D eigenvalue weighted by molar-refractivity contribution is 9.10. The van der Waals surface area contributed by atoms with E-state index in [1.807, 2.05) is 24.3 Å². The molecule has 0 N–H and O–H groups in total. The highest BCUT2D eigenvalue weighted by atomic mass is 79.9. The molecule has 20 heavy (non-hydrogen) atoms. The average molecular weight is 327 g/mol. The van der Waals surface area contributed by atoms with Crippen molar-refractivity contribution in [3.05, 3.63) is 46.7 Å². The number of hydrogen-bond donors (Lipinski definition) is 0. The molecule has 0 bridgehead atoms. The largest absolute Gasteiger partial charge is 0.324 e. The van der Waals surface area contributed by atoms with E-state index in [1.54, 1.807) is 12.4 Å².